The quantitative estimate of drug-likeness (QED) is 0.860. The Morgan fingerprint density at radius 2 is 2.16 bits per heavy atom. The van der Waals surface area contributed by atoms with Crippen molar-refractivity contribution in [3.05, 3.63) is 40.4 Å². The van der Waals surface area contributed by atoms with E-state index in [0.717, 1.165) is 38.4 Å². The van der Waals surface area contributed by atoms with E-state index >= 15 is 0 Å². The Morgan fingerprint density at radius 1 is 1.32 bits per heavy atom. The van der Waals surface area contributed by atoms with E-state index < -0.39 is 0 Å². The van der Waals surface area contributed by atoms with Crippen molar-refractivity contribution in [2.75, 3.05) is 26.2 Å². The molecular formula is C14H19N3OS. The predicted octanol–water partition coefficient (Wildman–Crippen LogP) is 2.61. The average Bonchev–Trinajstić information content (AvgIpc) is 3.12. The average molecular weight is 277 g/mol. The molecule has 1 atom stereocenters. The molecule has 5 heteroatoms. The van der Waals surface area contributed by atoms with Crippen LogP contribution in [0.2, 0.25) is 0 Å². The summed E-state index contributed by atoms with van der Waals surface area (Å²) in [4.78, 5) is 5.00. The minimum Gasteiger partial charge on any atom is -0.364 e. The summed E-state index contributed by atoms with van der Waals surface area (Å²) in [6, 6.07) is 4.71. The molecule has 1 fully saturated rings. The first-order valence-corrected chi connectivity index (χ1v) is 7.65. The molecule has 102 valence electrons. The normalized spacial score (nSPS) is 19.6. The van der Waals surface area contributed by atoms with Gasteiger partial charge in [-0.2, -0.15) is 11.3 Å². The molecule has 0 N–H and O–H groups in total. The second-order valence-electron chi connectivity index (χ2n) is 5.04. The van der Waals surface area contributed by atoms with Crippen molar-refractivity contribution in [1.82, 2.24) is 15.0 Å². The largest absolute Gasteiger partial charge is 0.364 e. The maximum atomic E-state index is 4.88. The summed E-state index contributed by atoms with van der Waals surface area (Å²) < 4.78 is 4.88. The number of piperazine rings is 1. The van der Waals surface area contributed by atoms with Gasteiger partial charge < -0.3 is 4.52 Å². The first-order valence-electron chi connectivity index (χ1n) is 6.70. The minimum atomic E-state index is 0.528. The molecule has 4 nitrogen and oxygen atoms in total. The lowest BCUT2D eigenvalue weighted by Gasteiger charge is -2.37. The van der Waals surface area contributed by atoms with Crippen LogP contribution in [-0.4, -0.2) is 41.1 Å². The maximum Gasteiger partial charge on any atom is 0.124 e. The van der Waals surface area contributed by atoms with Gasteiger partial charge in [0.2, 0.25) is 0 Å². The van der Waals surface area contributed by atoms with Gasteiger partial charge >= 0.3 is 0 Å². The molecule has 0 aliphatic carbocycles. The van der Waals surface area contributed by atoms with E-state index in [1.54, 1.807) is 17.6 Å². The predicted molar refractivity (Wildman–Crippen MR) is 76.1 cm³/mol. The molecule has 0 saturated carbocycles. The summed E-state index contributed by atoms with van der Waals surface area (Å²) >= 11 is 1.78. The fraction of sp³-hybridized carbons (Fsp3) is 0.500. The third kappa shape index (κ3) is 3.05. The Morgan fingerprint density at radius 3 is 2.79 bits per heavy atom. The van der Waals surface area contributed by atoms with Gasteiger partial charge in [-0.25, -0.2) is 0 Å². The third-order valence-corrected chi connectivity index (χ3v) is 4.56. The van der Waals surface area contributed by atoms with Gasteiger partial charge in [0.05, 0.1) is 5.69 Å². The van der Waals surface area contributed by atoms with Crippen LogP contribution >= 0.6 is 11.3 Å². The number of nitrogens with zero attached hydrogens (tertiary/aromatic N) is 3. The van der Waals surface area contributed by atoms with Gasteiger partial charge in [-0.3, -0.25) is 9.80 Å². The summed E-state index contributed by atoms with van der Waals surface area (Å²) in [6.45, 7) is 7.64. The van der Waals surface area contributed by atoms with Crippen molar-refractivity contribution < 1.29 is 4.52 Å². The fourth-order valence-electron chi connectivity index (χ4n) is 2.58. The molecule has 1 aliphatic rings. The van der Waals surface area contributed by atoms with E-state index in [4.69, 9.17) is 4.52 Å². The van der Waals surface area contributed by atoms with E-state index in [2.05, 4.69) is 38.7 Å². The van der Waals surface area contributed by atoms with Crippen molar-refractivity contribution in [3.63, 3.8) is 0 Å². The Hall–Kier alpha value is -1.17. The molecule has 0 amide bonds. The van der Waals surface area contributed by atoms with Crippen LogP contribution in [-0.2, 0) is 6.54 Å². The first kappa shape index (κ1) is 12.8. The van der Waals surface area contributed by atoms with Crippen LogP contribution in [0.15, 0.2) is 33.7 Å². The standard InChI is InChI=1S/C14H19N3OS/c1-12(13-3-9-19-11-13)17-6-4-16(5-7-17)10-14-2-8-18-15-14/h2-3,8-9,11-12H,4-7,10H2,1H3/t12-/m1/s1. The molecule has 2 aromatic rings. The number of rotatable bonds is 4. The van der Waals surface area contributed by atoms with Crippen molar-refractivity contribution in [3.8, 4) is 0 Å². The molecule has 0 radical (unpaired) electrons. The molecule has 0 aromatic carbocycles. The molecule has 2 aromatic heterocycles. The number of hydrogen-bond acceptors (Lipinski definition) is 5. The monoisotopic (exact) mass is 277 g/mol. The molecule has 0 unspecified atom stereocenters. The van der Waals surface area contributed by atoms with E-state index in [-0.39, 0.29) is 0 Å². The van der Waals surface area contributed by atoms with Gasteiger partial charge in [0.25, 0.3) is 0 Å². The number of hydrogen-bond donors (Lipinski definition) is 0. The van der Waals surface area contributed by atoms with Crippen molar-refractivity contribution in [1.29, 1.82) is 0 Å². The highest BCUT2D eigenvalue weighted by atomic mass is 32.1. The van der Waals surface area contributed by atoms with Gasteiger partial charge in [-0.1, -0.05) is 5.16 Å². The van der Waals surface area contributed by atoms with E-state index in [0.29, 0.717) is 6.04 Å². The lowest BCUT2D eigenvalue weighted by molar-refractivity contribution is 0.0965. The zero-order valence-electron chi connectivity index (χ0n) is 11.2. The highest BCUT2D eigenvalue weighted by molar-refractivity contribution is 7.07. The zero-order valence-corrected chi connectivity index (χ0v) is 12.0. The summed E-state index contributed by atoms with van der Waals surface area (Å²) in [6.07, 6.45) is 1.64. The fourth-order valence-corrected chi connectivity index (χ4v) is 3.33. The molecule has 0 bridgehead atoms. The van der Waals surface area contributed by atoms with Gasteiger partial charge in [0.15, 0.2) is 0 Å². The topological polar surface area (TPSA) is 32.5 Å². The van der Waals surface area contributed by atoms with Crippen molar-refractivity contribution in [2.45, 2.75) is 19.5 Å². The van der Waals surface area contributed by atoms with Crippen molar-refractivity contribution >= 4 is 11.3 Å². The summed E-state index contributed by atoms with van der Waals surface area (Å²) in [5.74, 6) is 0. The van der Waals surface area contributed by atoms with E-state index in [1.165, 1.54) is 5.56 Å². The SMILES string of the molecule is C[C@H](c1ccsc1)N1CCN(Cc2ccon2)CC1. The Balaban J connectivity index is 1.52. The van der Waals surface area contributed by atoms with Crippen LogP contribution in [0.4, 0.5) is 0 Å². The molecule has 19 heavy (non-hydrogen) atoms. The second kappa shape index (κ2) is 5.86. The highest BCUT2D eigenvalue weighted by Gasteiger charge is 2.22. The smallest absolute Gasteiger partial charge is 0.124 e. The highest BCUT2D eigenvalue weighted by Crippen LogP contribution is 2.23. The lowest BCUT2D eigenvalue weighted by Crippen LogP contribution is -2.46. The summed E-state index contributed by atoms with van der Waals surface area (Å²) in [5, 5.41) is 8.39. The minimum absolute atomic E-state index is 0.528. The molecule has 0 spiro atoms. The first-order chi connectivity index (χ1) is 9.33. The zero-order chi connectivity index (χ0) is 13.1. The van der Waals surface area contributed by atoms with E-state index in [1.807, 2.05) is 6.07 Å². The maximum absolute atomic E-state index is 4.88. The van der Waals surface area contributed by atoms with Crippen LogP contribution in [0.25, 0.3) is 0 Å². The van der Waals surface area contributed by atoms with Crippen LogP contribution < -0.4 is 0 Å². The Bertz CT molecular complexity index is 475. The van der Waals surface area contributed by atoms with Crippen LogP contribution in [0.1, 0.15) is 24.2 Å². The second-order valence-corrected chi connectivity index (χ2v) is 5.82. The lowest BCUT2D eigenvalue weighted by atomic mass is 10.1. The van der Waals surface area contributed by atoms with Gasteiger partial charge in [-0.15, -0.1) is 0 Å². The van der Waals surface area contributed by atoms with E-state index in [9.17, 15) is 0 Å². The number of aromatic nitrogens is 1. The molecular weight excluding hydrogens is 258 g/mol. The van der Waals surface area contributed by atoms with Crippen LogP contribution in [0, 0.1) is 0 Å². The van der Waals surface area contributed by atoms with Gasteiger partial charge in [0.1, 0.15) is 6.26 Å². The molecule has 3 rings (SSSR count). The summed E-state index contributed by atoms with van der Waals surface area (Å²) in [5.41, 5.74) is 2.47. The Kier molecular flexibility index (Phi) is 3.96. The van der Waals surface area contributed by atoms with Crippen molar-refractivity contribution in [2.24, 2.45) is 0 Å². The molecule has 1 aliphatic heterocycles. The van der Waals surface area contributed by atoms with Gasteiger partial charge in [-0.05, 0) is 29.3 Å². The number of thiophene rings is 1. The molecule has 3 heterocycles. The van der Waals surface area contributed by atoms with Crippen LogP contribution in [0.3, 0.4) is 0 Å². The van der Waals surface area contributed by atoms with Gasteiger partial charge in [0, 0.05) is 44.8 Å². The Labute approximate surface area is 117 Å². The summed E-state index contributed by atoms with van der Waals surface area (Å²) in [7, 11) is 0. The third-order valence-electron chi connectivity index (χ3n) is 3.86. The molecule has 1 saturated heterocycles. The van der Waals surface area contributed by atoms with Crippen LogP contribution in [0.5, 0.6) is 0 Å².